The lowest BCUT2D eigenvalue weighted by Crippen LogP contribution is -2.41. The van der Waals surface area contributed by atoms with Gasteiger partial charge in [-0.1, -0.05) is 0 Å². The Balaban J connectivity index is 2.54. The van der Waals surface area contributed by atoms with E-state index >= 15 is 0 Å². The minimum absolute atomic E-state index is 0.300. The van der Waals surface area contributed by atoms with Crippen LogP contribution in [0.15, 0.2) is 0 Å². The monoisotopic (exact) mass is 212 g/mol. The molecule has 1 saturated heterocycles. The molecule has 0 amide bonds. The maximum atomic E-state index is 11.9. The molecular weight excluding hydrogens is 201 g/mol. The first-order chi connectivity index (χ1) is 6.33. The fourth-order valence-electron chi connectivity index (χ4n) is 1.19. The number of hydrogen-bond acceptors (Lipinski definition) is 3. The Kier molecular flexibility index (Phi) is 3.04. The highest BCUT2D eigenvalue weighted by Crippen LogP contribution is 2.28. The molecule has 14 heavy (non-hydrogen) atoms. The maximum absolute atomic E-state index is 11.9. The van der Waals surface area contributed by atoms with E-state index in [-0.39, 0.29) is 0 Å². The summed E-state index contributed by atoms with van der Waals surface area (Å²) in [6.45, 7) is 2.13. The summed E-state index contributed by atoms with van der Waals surface area (Å²) in [6, 6.07) is 0. The van der Waals surface area contributed by atoms with Gasteiger partial charge in [0.05, 0.1) is 13.2 Å². The van der Waals surface area contributed by atoms with Crippen molar-refractivity contribution >= 4 is 5.97 Å². The third kappa shape index (κ3) is 2.87. The molecule has 1 fully saturated rings. The van der Waals surface area contributed by atoms with Crippen molar-refractivity contribution in [3.8, 4) is 0 Å². The molecule has 0 aromatic rings. The van der Waals surface area contributed by atoms with E-state index < -0.39 is 17.7 Å². The zero-order chi connectivity index (χ0) is 10.8. The van der Waals surface area contributed by atoms with Crippen molar-refractivity contribution in [3.63, 3.8) is 0 Å². The Hall–Kier alpha value is -0.780. The van der Waals surface area contributed by atoms with Crippen molar-refractivity contribution in [3.05, 3.63) is 0 Å². The van der Waals surface area contributed by atoms with Gasteiger partial charge in [0.15, 0.2) is 0 Å². The topological polar surface area (TPSA) is 35.5 Å². The Morgan fingerprint density at radius 2 is 1.86 bits per heavy atom. The van der Waals surface area contributed by atoms with Gasteiger partial charge in [-0.3, -0.25) is 0 Å². The summed E-state index contributed by atoms with van der Waals surface area (Å²) in [6.07, 6.45) is -4.31. The van der Waals surface area contributed by atoms with Gasteiger partial charge in [-0.2, -0.15) is 13.2 Å². The fraction of sp³-hybridized carbons (Fsp3) is 0.875. The van der Waals surface area contributed by atoms with Crippen molar-refractivity contribution in [2.24, 2.45) is 0 Å². The number of carbonyl (C=O) groups excluding carboxylic acids is 1. The van der Waals surface area contributed by atoms with Crippen LogP contribution in [0.5, 0.6) is 0 Å². The highest BCUT2D eigenvalue weighted by Gasteiger charge is 2.45. The smallest absolute Gasteiger partial charge is 0.453 e. The van der Waals surface area contributed by atoms with Gasteiger partial charge in [0.2, 0.25) is 0 Å². The molecule has 0 atom stereocenters. The zero-order valence-corrected chi connectivity index (χ0v) is 7.69. The van der Waals surface area contributed by atoms with Gasteiger partial charge in [-0.05, 0) is 6.92 Å². The highest BCUT2D eigenvalue weighted by molar-refractivity contribution is 5.76. The average Bonchev–Trinajstić information content (AvgIpc) is 2.02. The molecule has 1 heterocycles. The van der Waals surface area contributed by atoms with E-state index in [0.717, 1.165) is 0 Å². The third-order valence-electron chi connectivity index (χ3n) is 2.12. The van der Waals surface area contributed by atoms with Crippen molar-refractivity contribution in [2.75, 3.05) is 13.2 Å². The maximum Gasteiger partial charge on any atom is 0.490 e. The summed E-state index contributed by atoms with van der Waals surface area (Å²) in [5.74, 6) is -2.12. The Labute approximate surface area is 79.2 Å². The number of carbonyl (C=O) groups is 1. The van der Waals surface area contributed by atoms with Crippen LogP contribution in [0, 0.1) is 0 Å². The predicted molar refractivity (Wildman–Crippen MR) is 40.6 cm³/mol. The summed E-state index contributed by atoms with van der Waals surface area (Å²) in [4.78, 5) is 10.5. The van der Waals surface area contributed by atoms with Gasteiger partial charge in [0.1, 0.15) is 5.60 Å². The van der Waals surface area contributed by atoms with Crippen LogP contribution in [0.25, 0.3) is 0 Å². The minimum atomic E-state index is -4.92. The van der Waals surface area contributed by atoms with E-state index in [2.05, 4.69) is 4.74 Å². The van der Waals surface area contributed by atoms with Crippen LogP contribution in [0.2, 0.25) is 0 Å². The normalized spacial score (nSPS) is 21.7. The molecule has 82 valence electrons. The number of ether oxygens (including phenoxy) is 2. The van der Waals surface area contributed by atoms with E-state index in [0.29, 0.717) is 26.1 Å². The standard InChI is InChI=1S/C8H11F3O3/c1-7(2-4-13-5-3-7)14-6(12)8(9,10)11/h2-5H2,1H3. The van der Waals surface area contributed by atoms with Gasteiger partial charge >= 0.3 is 12.1 Å². The summed E-state index contributed by atoms with van der Waals surface area (Å²) >= 11 is 0. The third-order valence-corrected chi connectivity index (χ3v) is 2.12. The van der Waals surface area contributed by atoms with E-state index in [9.17, 15) is 18.0 Å². The highest BCUT2D eigenvalue weighted by atomic mass is 19.4. The van der Waals surface area contributed by atoms with E-state index in [4.69, 9.17) is 4.74 Å². The summed E-state index contributed by atoms with van der Waals surface area (Å²) in [7, 11) is 0. The number of esters is 1. The first-order valence-electron chi connectivity index (χ1n) is 4.21. The molecule has 0 radical (unpaired) electrons. The average molecular weight is 212 g/mol. The Morgan fingerprint density at radius 3 is 2.29 bits per heavy atom. The minimum Gasteiger partial charge on any atom is -0.453 e. The van der Waals surface area contributed by atoms with Gasteiger partial charge in [0.25, 0.3) is 0 Å². The lowest BCUT2D eigenvalue weighted by molar-refractivity contribution is -0.218. The van der Waals surface area contributed by atoms with Crippen molar-refractivity contribution in [1.29, 1.82) is 0 Å². The molecule has 0 unspecified atom stereocenters. The Morgan fingerprint density at radius 1 is 1.36 bits per heavy atom. The second-order valence-corrected chi connectivity index (χ2v) is 3.45. The van der Waals surface area contributed by atoms with Crippen molar-refractivity contribution in [2.45, 2.75) is 31.5 Å². The summed E-state index contributed by atoms with van der Waals surface area (Å²) < 4.78 is 45.0. The number of halogens is 3. The first kappa shape index (κ1) is 11.3. The summed E-state index contributed by atoms with van der Waals surface area (Å²) in [5, 5.41) is 0. The molecule has 0 aromatic heterocycles. The molecule has 0 saturated carbocycles. The number of rotatable bonds is 1. The van der Waals surface area contributed by atoms with Crippen molar-refractivity contribution in [1.82, 2.24) is 0 Å². The van der Waals surface area contributed by atoms with Crippen molar-refractivity contribution < 1.29 is 27.4 Å². The largest absolute Gasteiger partial charge is 0.490 e. The van der Waals surface area contributed by atoms with E-state index in [1.165, 1.54) is 6.92 Å². The van der Waals surface area contributed by atoms with Gasteiger partial charge < -0.3 is 9.47 Å². The Bertz CT molecular complexity index is 218. The van der Waals surface area contributed by atoms with Crippen LogP contribution >= 0.6 is 0 Å². The first-order valence-corrected chi connectivity index (χ1v) is 4.21. The molecule has 0 N–H and O–H groups in total. The number of alkyl halides is 3. The van der Waals surface area contributed by atoms with Crippen LogP contribution in [-0.2, 0) is 14.3 Å². The van der Waals surface area contributed by atoms with Gasteiger partial charge in [-0.25, -0.2) is 4.79 Å². The lowest BCUT2D eigenvalue weighted by Gasteiger charge is -2.33. The summed E-state index contributed by atoms with van der Waals surface area (Å²) in [5.41, 5.74) is -1.04. The lowest BCUT2D eigenvalue weighted by atomic mass is 9.97. The molecule has 1 rings (SSSR count). The predicted octanol–water partition coefficient (Wildman–Crippen LogP) is 1.66. The van der Waals surface area contributed by atoms with Crippen LogP contribution < -0.4 is 0 Å². The molecule has 0 aliphatic carbocycles. The molecule has 1 aliphatic heterocycles. The molecule has 3 nitrogen and oxygen atoms in total. The molecule has 6 heteroatoms. The molecular formula is C8H11F3O3. The fourth-order valence-corrected chi connectivity index (χ4v) is 1.19. The van der Waals surface area contributed by atoms with Crippen LogP contribution in [0.1, 0.15) is 19.8 Å². The molecule has 1 aliphatic rings. The van der Waals surface area contributed by atoms with Crippen LogP contribution in [-0.4, -0.2) is 31.0 Å². The molecule has 0 aromatic carbocycles. The van der Waals surface area contributed by atoms with Gasteiger partial charge in [0, 0.05) is 12.8 Å². The van der Waals surface area contributed by atoms with E-state index in [1.54, 1.807) is 0 Å². The number of hydrogen-bond donors (Lipinski definition) is 0. The SMILES string of the molecule is CC1(OC(=O)C(F)(F)F)CCOCC1. The quantitative estimate of drug-likeness (QED) is 0.620. The van der Waals surface area contributed by atoms with Gasteiger partial charge in [-0.15, -0.1) is 0 Å². The van der Waals surface area contributed by atoms with Crippen LogP contribution in [0.3, 0.4) is 0 Å². The molecule has 0 spiro atoms. The zero-order valence-electron chi connectivity index (χ0n) is 7.69. The van der Waals surface area contributed by atoms with Crippen LogP contribution in [0.4, 0.5) is 13.2 Å². The van der Waals surface area contributed by atoms with E-state index in [1.807, 2.05) is 0 Å². The second kappa shape index (κ2) is 3.76. The second-order valence-electron chi connectivity index (χ2n) is 3.45. The molecule has 0 bridgehead atoms.